The molecule has 0 saturated heterocycles. The predicted octanol–water partition coefficient (Wildman–Crippen LogP) is 3.97. The number of hydrogen-bond acceptors (Lipinski definition) is 4. The topological polar surface area (TPSA) is 84.5 Å². The number of benzene rings is 2. The number of hydrogen-bond donors (Lipinski definition) is 2. The van der Waals surface area contributed by atoms with Crippen LogP contribution in [-0.2, 0) is 19.1 Å². The lowest BCUT2D eigenvalue weighted by molar-refractivity contribution is -0.147. The molecule has 0 aromatic heterocycles. The highest BCUT2D eigenvalue weighted by Gasteiger charge is 2.12. The lowest BCUT2D eigenvalue weighted by atomic mass is 10.2. The highest BCUT2D eigenvalue weighted by atomic mass is 79.9. The first-order valence-electron chi connectivity index (χ1n) is 8.42. The van der Waals surface area contributed by atoms with Crippen molar-refractivity contribution in [3.05, 3.63) is 58.1 Å². The summed E-state index contributed by atoms with van der Waals surface area (Å²) in [6, 6.07) is 12.8. The quantitative estimate of drug-likeness (QED) is 0.648. The molecule has 0 spiro atoms. The van der Waals surface area contributed by atoms with Crippen LogP contribution in [0.3, 0.4) is 0 Å². The Kier molecular flexibility index (Phi) is 7.55. The van der Waals surface area contributed by atoms with Gasteiger partial charge in [0.25, 0.3) is 5.91 Å². The molecule has 27 heavy (non-hydrogen) atoms. The third kappa shape index (κ3) is 6.86. The molecular formula is C20H21BrN2O4. The van der Waals surface area contributed by atoms with E-state index in [4.69, 9.17) is 4.74 Å². The van der Waals surface area contributed by atoms with Gasteiger partial charge in [0.2, 0.25) is 5.91 Å². The molecule has 7 heteroatoms. The standard InChI is InChI=1S/C20H21BrN2O4/c1-13-5-3-4-6-16(13)22-18(24)9-10-20(26)27-12-19(25)23-17-8-7-15(21)11-14(17)2/h3-8,11H,9-10,12H2,1-2H3,(H,22,24)(H,23,25). The first-order valence-corrected chi connectivity index (χ1v) is 9.21. The smallest absolute Gasteiger partial charge is 0.306 e. The summed E-state index contributed by atoms with van der Waals surface area (Å²) in [7, 11) is 0. The number of esters is 1. The second-order valence-electron chi connectivity index (χ2n) is 6.03. The van der Waals surface area contributed by atoms with E-state index in [-0.39, 0.29) is 18.7 Å². The summed E-state index contributed by atoms with van der Waals surface area (Å²) < 4.78 is 5.83. The Morgan fingerprint density at radius 2 is 1.56 bits per heavy atom. The molecule has 0 aliphatic rings. The Morgan fingerprint density at radius 1 is 0.889 bits per heavy atom. The molecule has 0 atom stereocenters. The zero-order valence-electron chi connectivity index (χ0n) is 15.2. The molecule has 0 saturated carbocycles. The Hall–Kier alpha value is -2.67. The highest BCUT2D eigenvalue weighted by Crippen LogP contribution is 2.20. The van der Waals surface area contributed by atoms with Crippen LogP contribution in [0.2, 0.25) is 0 Å². The van der Waals surface area contributed by atoms with Crippen LogP contribution in [0.5, 0.6) is 0 Å². The fraction of sp³-hybridized carbons (Fsp3) is 0.250. The summed E-state index contributed by atoms with van der Waals surface area (Å²) in [6.45, 7) is 3.35. The van der Waals surface area contributed by atoms with E-state index in [0.717, 1.165) is 15.6 Å². The van der Waals surface area contributed by atoms with E-state index in [9.17, 15) is 14.4 Å². The minimum absolute atomic E-state index is 0.0133. The third-order valence-electron chi connectivity index (χ3n) is 3.80. The van der Waals surface area contributed by atoms with Crippen LogP contribution < -0.4 is 10.6 Å². The van der Waals surface area contributed by atoms with Gasteiger partial charge in [0.05, 0.1) is 6.42 Å². The summed E-state index contributed by atoms with van der Waals surface area (Å²) in [5.74, 6) is -1.31. The lowest BCUT2D eigenvalue weighted by Crippen LogP contribution is -2.22. The molecule has 0 heterocycles. The second-order valence-corrected chi connectivity index (χ2v) is 6.95. The normalized spacial score (nSPS) is 10.2. The van der Waals surface area contributed by atoms with Gasteiger partial charge >= 0.3 is 5.97 Å². The Labute approximate surface area is 166 Å². The number of nitrogens with one attached hydrogen (secondary N) is 2. The number of aryl methyl sites for hydroxylation is 2. The van der Waals surface area contributed by atoms with Crippen LogP contribution in [0.4, 0.5) is 11.4 Å². The van der Waals surface area contributed by atoms with Crippen molar-refractivity contribution in [2.45, 2.75) is 26.7 Å². The van der Waals surface area contributed by atoms with Crippen LogP contribution in [0, 0.1) is 13.8 Å². The van der Waals surface area contributed by atoms with Crippen molar-refractivity contribution in [2.24, 2.45) is 0 Å². The minimum Gasteiger partial charge on any atom is -0.456 e. The van der Waals surface area contributed by atoms with Gasteiger partial charge in [-0.25, -0.2) is 0 Å². The largest absolute Gasteiger partial charge is 0.456 e. The van der Waals surface area contributed by atoms with Gasteiger partial charge in [0, 0.05) is 22.3 Å². The van der Waals surface area contributed by atoms with Gasteiger partial charge in [-0.2, -0.15) is 0 Å². The average molecular weight is 433 g/mol. The molecule has 2 aromatic carbocycles. The first-order chi connectivity index (χ1) is 12.8. The molecule has 142 valence electrons. The van der Waals surface area contributed by atoms with Gasteiger partial charge in [-0.15, -0.1) is 0 Å². The Morgan fingerprint density at radius 3 is 2.26 bits per heavy atom. The van der Waals surface area contributed by atoms with Crippen molar-refractivity contribution >= 4 is 45.1 Å². The number of anilines is 2. The van der Waals surface area contributed by atoms with E-state index >= 15 is 0 Å². The summed E-state index contributed by atoms with van der Waals surface area (Å²) >= 11 is 3.35. The number of halogens is 1. The number of para-hydroxylation sites is 1. The minimum atomic E-state index is -0.599. The zero-order chi connectivity index (χ0) is 19.8. The van der Waals surface area contributed by atoms with Gasteiger partial charge in [0.1, 0.15) is 0 Å². The monoisotopic (exact) mass is 432 g/mol. The van der Waals surface area contributed by atoms with Gasteiger partial charge in [0.15, 0.2) is 6.61 Å². The van der Waals surface area contributed by atoms with Gasteiger partial charge < -0.3 is 15.4 Å². The molecule has 0 unspecified atom stereocenters. The average Bonchev–Trinajstić information content (AvgIpc) is 2.62. The van der Waals surface area contributed by atoms with Crippen molar-refractivity contribution in [1.29, 1.82) is 0 Å². The van der Waals surface area contributed by atoms with Crippen molar-refractivity contribution in [2.75, 3.05) is 17.2 Å². The Bertz CT molecular complexity index is 852. The summed E-state index contributed by atoms with van der Waals surface area (Å²) in [5, 5.41) is 5.42. The number of carbonyl (C=O) groups excluding carboxylic acids is 3. The number of rotatable bonds is 7. The maximum atomic E-state index is 11.9. The van der Waals surface area contributed by atoms with E-state index in [2.05, 4.69) is 26.6 Å². The fourth-order valence-electron chi connectivity index (χ4n) is 2.31. The van der Waals surface area contributed by atoms with Gasteiger partial charge in [-0.1, -0.05) is 34.1 Å². The maximum Gasteiger partial charge on any atom is 0.306 e. The van der Waals surface area contributed by atoms with Crippen molar-refractivity contribution in [3.63, 3.8) is 0 Å². The van der Waals surface area contributed by atoms with Crippen LogP contribution in [0.1, 0.15) is 24.0 Å². The zero-order valence-corrected chi connectivity index (χ0v) is 16.8. The van der Waals surface area contributed by atoms with Gasteiger partial charge in [-0.05, 0) is 49.2 Å². The second kappa shape index (κ2) is 9.87. The third-order valence-corrected chi connectivity index (χ3v) is 4.30. The molecule has 0 bridgehead atoms. The SMILES string of the molecule is Cc1ccccc1NC(=O)CCC(=O)OCC(=O)Nc1ccc(Br)cc1C. The number of amides is 2. The summed E-state index contributed by atoms with van der Waals surface area (Å²) in [5.41, 5.74) is 3.18. The van der Waals surface area contributed by atoms with E-state index in [0.29, 0.717) is 11.4 Å². The Balaban J connectivity index is 1.71. The van der Waals surface area contributed by atoms with Crippen LogP contribution >= 0.6 is 15.9 Å². The number of ether oxygens (including phenoxy) is 1. The highest BCUT2D eigenvalue weighted by molar-refractivity contribution is 9.10. The molecule has 2 N–H and O–H groups in total. The molecule has 0 radical (unpaired) electrons. The van der Waals surface area contributed by atoms with Crippen molar-refractivity contribution in [1.82, 2.24) is 0 Å². The molecule has 6 nitrogen and oxygen atoms in total. The summed E-state index contributed by atoms with van der Waals surface area (Å²) in [6.07, 6.45) is -0.108. The summed E-state index contributed by atoms with van der Waals surface area (Å²) in [4.78, 5) is 35.5. The molecule has 2 amide bonds. The predicted molar refractivity (Wildman–Crippen MR) is 108 cm³/mol. The molecule has 2 rings (SSSR count). The molecule has 0 aliphatic carbocycles. The van der Waals surface area contributed by atoms with Gasteiger partial charge in [-0.3, -0.25) is 14.4 Å². The van der Waals surface area contributed by atoms with E-state index < -0.39 is 18.5 Å². The van der Waals surface area contributed by atoms with Crippen LogP contribution in [-0.4, -0.2) is 24.4 Å². The van der Waals surface area contributed by atoms with Crippen LogP contribution in [0.25, 0.3) is 0 Å². The molecule has 2 aromatic rings. The van der Waals surface area contributed by atoms with E-state index in [1.807, 2.05) is 44.2 Å². The van der Waals surface area contributed by atoms with E-state index in [1.165, 1.54) is 0 Å². The van der Waals surface area contributed by atoms with Crippen molar-refractivity contribution < 1.29 is 19.1 Å². The fourth-order valence-corrected chi connectivity index (χ4v) is 2.79. The lowest BCUT2D eigenvalue weighted by Gasteiger charge is -2.10. The number of carbonyl (C=O) groups is 3. The molecule has 0 fully saturated rings. The van der Waals surface area contributed by atoms with Crippen LogP contribution in [0.15, 0.2) is 46.9 Å². The first kappa shape index (κ1) is 20.6. The maximum absolute atomic E-state index is 11.9. The molecule has 0 aliphatic heterocycles. The van der Waals surface area contributed by atoms with Crippen molar-refractivity contribution in [3.8, 4) is 0 Å². The molecular weight excluding hydrogens is 412 g/mol. The van der Waals surface area contributed by atoms with E-state index in [1.54, 1.807) is 12.1 Å².